The van der Waals surface area contributed by atoms with E-state index in [1.807, 2.05) is 6.92 Å². The number of rotatable bonds is 4. The van der Waals surface area contributed by atoms with Crippen LogP contribution < -0.4 is 10.3 Å². The molecule has 0 radical (unpaired) electrons. The van der Waals surface area contributed by atoms with E-state index in [9.17, 15) is 20.0 Å². The number of pyridine rings is 1. The molecule has 0 saturated carbocycles. The van der Waals surface area contributed by atoms with Crippen molar-refractivity contribution in [1.82, 2.24) is 4.98 Å². The van der Waals surface area contributed by atoms with E-state index >= 15 is 0 Å². The van der Waals surface area contributed by atoms with E-state index in [1.54, 1.807) is 6.07 Å². The number of fused-ring (bicyclic) bond motifs is 1. The minimum atomic E-state index is -0.942. The van der Waals surface area contributed by atoms with Crippen molar-refractivity contribution in [3.05, 3.63) is 38.7 Å². The minimum Gasteiger partial charge on any atom is -0.501 e. The number of hydrogen-bond acceptors (Lipinski definition) is 5. The van der Waals surface area contributed by atoms with Crippen molar-refractivity contribution in [3.8, 4) is 11.5 Å². The standard InChI is InChI=1S/C12H12N2O5/c1-2-5-19-7-3-4-8-9(6-7)13-12(16)10(11(8)15)14(17)18/h3-4,6H,2,5H2,1H3,(H2,13,15,16). The molecular formula is C12H12N2O5. The van der Waals surface area contributed by atoms with Crippen LogP contribution in [0.15, 0.2) is 23.0 Å². The molecule has 0 atom stereocenters. The number of H-pyrrole nitrogens is 1. The molecular weight excluding hydrogens is 252 g/mol. The molecule has 0 fully saturated rings. The van der Waals surface area contributed by atoms with Crippen molar-refractivity contribution in [2.75, 3.05) is 6.61 Å². The van der Waals surface area contributed by atoms with Gasteiger partial charge in [0, 0.05) is 11.5 Å². The molecule has 100 valence electrons. The summed E-state index contributed by atoms with van der Waals surface area (Å²) in [6.45, 7) is 2.48. The lowest BCUT2D eigenvalue weighted by Crippen LogP contribution is -2.11. The number of nitro groups is 1. The highest BCUT2D eigenvalue weighted by atomic mass is 16.6. The second kappa shape index (κ2) is 4.97. The molecule has 2 rings (SSSR count). The van der Waals surface area contributed by atoms with Gasteiger partial charge in [-0.2, -0.15) is 0 Å². The van der Waals surface area contributed by atoms with Crippen LogP contribution in [0.25, 0.3) is 10.9 Å². The molecule has 1 aromatic carbocycles. The Kier molecular flexibility index (Phi) is 3.37. The third-order valence-electron chi connectivity index (χ3n) is 2.59. The lowest BCUT2D eigenvalue weighted by molar-refractivity contribution is -0.387. The molecule has 1 heterocycles. The van der Waals surface area contributed by atoms with Crippen molar-refractivity contribution in [1.29, 1.82) is 0 Å². The van der Waals surface area contributed by atoms with Crippen LogP contribution in [0, 0.1) is 10.1 Å². The fraction of sp³-hybridized carbons (Fsp3) is 0.250. The summed E-state index contributed by atoms with van der Waals surface area (Å²) in [7, 11) is 0. The van der Waals surface area contributed by atoms with Gasteiger partial charge in [-0.05, 0) is 18.6 Å². The first-order valence-corrected chi connectivity index (χ1v) is 5.70. The molecule has 2 aromatic rings. The summed E-state index contributed by atoms with van der Waals surface area (Å²) in [4.78, 5) is 23.7. The Labute approximate surface area is 107 Å². The van der Waals surface area contributed by atoms with E-state index in [0.717, 1.165) is 6.42 Å². The smallest absolute Gasteiger partial charge is 0.375 e. The van der Waals surface area contributed by atoms with Gasteiger partial charge in [0.25, 0.3) is 0 Å². The van der Waals surface area contributed by atoms with E-state index in [1.165, 1.54) is 12.1 Å². The minimum absolute atomic E-state index is 0.204. The van der Waals surface area contributed by atoms with Crippen LogP contribution in [0.2, 0.25) is 0 Å². The molecule has 7 nitrogen and oxygen atoms in total. The van der Waals surface area contributed by atoms with E-state index in [-0.39, 0.29) is 5.39 Å². The van der Waals surface area contributed by atoms with Crippen LogP contribution in [-0.2, 0) is 0 Å². The van der Waals surface area contributed by atoms with E-state index in [0.29, 0.717) is 17.9 Å². The predicted octanol–water partition coefficient (Wildman–Crippen LogP) is 1.93. The summed E-state index contributed by atoms with van der Waals surface area (Å²) >= 11 is 0. The number of benzene rings is 1. The van der Waals surface area contributed by atoms with Crippen molar-refractivity contribution >= 4 is 16.6 Å². The van der Waals surface area contributed by atoms with Crippen LogP contribution in [-0.4, -0.2) is 21.6 Å². The van der Waals surface area contributed by atoms with E-state index < -0.39 is 21.9 Å². The van der Waals surface area contributed by atoms with Gasteiger partial charge in [0.15, 0.2) is 0 Å². The number of hydrogen-bond donors (Lipinski definition) is 2. The fourth-order valence-corrected chi connectivity index (χ4v) is 1.73. The topological polar surface area (TPSA) is 105 Å². The normalized spacial score (nSPS) is 10.6. The van der Waals surface area contributed by atoms with Gasteiger partial charge in [-0.25, -0.2) is 0 Å². The maximum atomic E-state index is 11.5. The molecule has 1 aromatic heterocycles. The summed E-state index contributed by atoms with van der Waals surface area (Å²) in [5.74, 6) is -0.107. The van der Waals surface area contributed by atoms with Gasteiger partial charge in [-0.15, -0.1) is 0 Å². The Hall–Kier alpha value is -2.57. The van der Waals surface area contributed by atoms with E-state index in [4.69, 9.17) is 4.74 Å². The zero-order chi connectivity index (χ0) is 14.0. The van der Waals surface area contributed by atoms with Gasteiger partial charge in [0.1, 0.15) is 5.75 Å². The van der Waals surface area contributed by atoms with Crippen LogP contribution in [0.5, 0.6) is 11.5 Å². The fourth-order valence-electron chi connectivity index (χ4n) is 1.73. The molecule has 7 heteroatoms. The maximum absolute atomic E-state index is 11.5. The average Bonchev–Trinajstić information content (AvgIpc) is 2.35. The average molecular weight is 264 g/mol. The Bertz CT molecular complexity index is 692. The summed E-state index contributed by atoms with van der Waals surface area (Å²) in [6, 6.07) is 4.58. The second-order valence-corrected chi connectivity index (χ2v) is 3.96. The zero-order valence-corrected chi connectivity index (χ0v) is 10.2. The Morgan fingerprint density at radius 3 is 2.84 bits per heavy atom. The van der Waals surface area contributed by atoms with Gasteiger partial charge in [0.2, 0.25) is 5.75 Å². The van der Waals surface area contributed by atoms with Crippen molar-refractivity contribution < 1.29 is 14.8 Å². The van der Waals surface area contributed by atoms with Crippen LogP contribution in [0.1, 0.15) is 13.3 Å². The highest BCUT2D eigenvalue weighted by Crippen LogP contribution is 2.31. The Morgan fingerprint density at radius 1 is 1.47 bits per heavy atom. The number of nitrogens with zero attached hydrogens (tertiary/aromatic N) is 1. The number of aromatic amines is 1. The first-order valence-electron chi connectivity index (χ1n) is 5.70. The lowest BCUT2D eigenvalue weighted by Gasteiger charge is -2.06. The largest absolute Gasteiger partial charge is 0.501 e. The number of ether oxygens (including phenoxy) is 1. The summed E-state index contributed by atoms with van der Waals surface area (Å²) in [5.41, 5.74) is -1.50. The third-order valence-corrected chi connectivity index (χ3v) is 2.59. The lowest BCUT2D eigenvalue weighted by atomic mass is 10.2. The zero-order valence-electron chi connectivity index (χ0n) is 10.2. The molecule has 0 aliphatic heterocycles. The van der Waals surface area contributed by atoms with Crippen LogP contribution >= 0.6 is 0 Å². The predicted molar refractivity (Wildman–Crippen MR) is 68.7 cm³/mol. The summed E-state index contributed by atoms with van der Waals surface area (Å²) < 4.78 is 5.38. The number of nitrogens with one attached hydrogen (secondary N) is 1. The highest BCUT2D eigenvalue weighted by molar-refractivity contribution is 5.88. The molecule has 19 heavy (non-hydrogen) atoms. The molecule has 0 amide bonds. The van der Waals surface area contributed by atoms with Crippen LogP contribution in [0.3, 0.4) is 0 Å². The van der Waals surface area contributed by atoms with Crippen molar-refractivity contribution in [2.45, 2.75) is 13.3 Å². The first-order chi connectivity index (χ1) is 9.04. The van der Waals surface area contributed by atoms with Gasteiger partial charge < -0.3 is 14.8 Å². The summed E-state index contributed by atoms with van der Waals surface area (Å²) in [6.07, 6.45) is 0.833. The quantitative estimate of drug-likeness (QED) is 0.648. The molecule has 0 aliphatic rings. The van der Waals surface area contributed by atoms with Crippen molar-refractivity contribution in [3.63, 3.8) is 0 Å². The molecule has 2 N–H and O–H groups in total. The van der Waals surface area contributed by atoms with Gasteiger partial charge in [-0.1, -0.05) is 6.92 Å². The number of aromatic nitrogens is 1. The van der Waals surface area contributed by atoms with Crippen LogP contribution in [0.4, 0.5) is 5.69 Å². The Morgan fingerprint density at radius 2 is 2.21 bits per heavy atom. The van der Waals surface area contributed by atoms with Gasteiger partial charge >= 0.3 is 11.2 Å². The second-order valence-electron chi connectivity index (χ2n) is 3.96. The van der Waals surface area contributed by atoms with Crippen molar-refractivity contribution in [2.24, 2.45) is 0 Å². The molecule has 0 saturated heterocycles. The molecule has 0 bridgehead atoms. The first kappa shape index (κ1) is 12.9. The number of aromatic hydroxyl groups is 1. The summed E-state index contributed by atoms with van der Waals surface area (Å²) in [5, 5.41) is 20.7. The highest BCUT2D eigenvalue weighted by Gasteiger charge is 2.22. The van der Waals surface area contributed by atoms with Gasteiger partial charge in [-0.3, -0.25) is 14.9 Å². The SMILES string of the molecule is CCCOc1ccc2c(O)c([N+](=O)[O-])c(=O)[nH]c2c1. The maximum Gasteiger partial charge on any atom is 0.375 e. The Balaban J connectivity index is 2.60. The van der Waals surface area contributed by atoms with Gasteiger partial charge in [0.05, 0.1) is 17.0 Å². The monoisotopic (exact) mass is 264 g/mol. The third kappa shape index (κ3) is 2.35. The molecule has 0 aliphatic carbocycles. The molecule has 0 spiro atoms. The molecule has 0 unspecified atom stereocenters. The van der Waals surface area contributed by atoms with E-state index in [2.05, 4.69) is 4.98 Å².